The van der Waals surface area contributed by atoms with Crippen molar-refractivity contribution in [1.82, 2.24) is 0 Å². The van der Waals surface area contributed by atoms with Gasteiger partial charge in [-0.3, -0.25) is 0 Å². The molecule has 60 valence electrons. The Labute approximate surface area is 73.5 Å². The molecule has 4 heteroatoms. The van der Waals surface area contributed by atoms with Crippen LogP contribution < -0.4 is 0 Å². The highest BCUT2D eigenvalue weighted by atomic mass is 32.1. The van der Waals surface area contributed by atoms with Crippen molar-refractivity contribution in [3.05, 3.63) is 22.4 Å². The Kier molecular flexibility index (Phi) is 1.83. The topological polar surface area (TPSA) is 41.8 Å². The molecule has 0 N–H and O–H groups in total. The van der Waals surface area contributed by atoms with Crippen molar-refractivity contribution in [2.45, 2.75) is 5.92 Å². The average molecular weight is 178 g/mol. The van der Waals surface area contributed by atoms with E-state index in [-0.39, 0.29) is 5.92 Å². The number of nitrogens with zero attached hydrogens (tertiary/aromatic N) is 2. The molecule has 0 radical (unpaired) electrons. The Morgan fingerprint density at radius 1 is 1.33 bits per heavy atom. The summed E-state index contributed by atoms with van der Waals surface area (Å²) in [5.41, 5.74) is 1.14. The molecular formula is C8H6N2OS. The molecule has 0 saturated carbocycles. The zero-order chi connectivity index (χ0) is 8.39. The lowest BCUT2D eigenvalue weighted by Crippen LogP contribution is -2.07. The third kappa shape index (κ3) is 1.33. The van der Waals surface area contributed by atoms with Gasteiger partial charge in [0.25, 0.3) is 0 Å². The Bertz CT molecular complexity index is 324. The maximum Gasteiger partial charge on any atom is 0.366 e. The summed E-state index contributed by atoms with van der Waals surface area (Å²) in [5.74, 6) is 0.0777. The highest BCUT2D eigenvalue weighted by molar-refractivity contribution is 7.08. The zero-order valence-electron chi connectivity index (χ0n) is 6.18. The summed E-state index contributed by atoms with van der Waals surface area (Å²) in [4.78, 5) is 17.8. The molecule has 2 rings (SSSR count). The van der Waals surface area contributed by atoms with Gasteiger partial charge in [0.05, 0.1) is 5.92 Å². The molecule has 0 saturated heterocycles. The maximum atomic E-state index is 10.6. The number of amides is 2. The van der Waals surface area contributed by atoms with E-state index in [2.05, 4.69) is 9.98 Å². The quantitative estimate of drug-likeness (QED) is 0.649. The second-order valence-corrected chi connectivity index (χ2v) is 3.20. The van der Waals surface area contributed by atoms with E-state index in [1.54, 1.807) is 23.8 Å². The zero-order valence-corrected chi connectivity index (χ0v) is 6.99. The third-order valence-corrected chi connectivity index (χ3v) is 2.32. The first-order valence-corrected chi connectivity index (χ1v) is 4.45. The molecule has 1 aromatic rings. The molecule has 0 atom stereocenters. The second-order valence-electron chi connectivity index (χ2n) is 2.42. The van der Waals surface area contributed by atoms with Gasteiger partial charge in [0.1, 0.15) is 0 Å². The van der Waals surface area contributed by atoms with E-state index in [9.17, 15) is 4.79 Å². The van der Waals surface area contributed by atoms with E-state index in [4.69, 9.17) is 0 Å². The minimum atomic E-state index is -0.415. The van der Waals surface area contributed by atoms with Gasteiger partial charge in [0.15, 0.2) is 0 Å². The summed E-state index contributed by atoms with van der Waals surface area (Å²) in [7, 11) is 0. The van der Waals surface area contributed by atoms with Crippen LogP contribution in [0.5, 0.6) is 0 Å². The number of carbonyl (C=O) groups is 1. The average Bonchev–Trinajstić information content (AvgIpc) is 2.58. The minimum Gasteiger partial charge on any atom is -0.244 e. The van der Waals surface area contributed by atoms with Crippen molar-refractivity contribution in [1.29, 1.82) is 0 Å². The van der Waals surface area contributed by atoms with Crippen molar-refractivity contribution < 1.29 is 4.79 Å². The number of carbonyl (C=O) groups excluding carboxylic acids is 1. The summed E-state index contributed by atoms with van der Waals surface area (Å²) in [6.07, 6.45) is 3.24. The molecular weight excluding hydrogens is 172 g/mol. The third-order valence-electron chi connectivity index (χ3n) is 1.62. The number of hydrogen-bond donors (Lipinski definition) is 0. The van der Waals surface area contributed by atoms with Gasteiger partial charge in [0, 0.05) is 12.4 Å². The second kappa shape index (κ2) is 2.98. The van der Waals surface area contributed by atoms with Crippen LogP contribution in [-0.2, 0) is 0 Å². The van der Waals surface area contributed by atoms with Gasteiger partial charge in [-0.25, -0.2) is 14.8 Å². The first kappa shape index (κ1) is 7.36. The fraction of sp³-hybridized carbons (Fsp3) is 0.125. The van der Waals surface area contributed by atoms with Gasteiger partial charge in [-0.1, -0.05) is 0 Å². The summed E-state index contributed by atoms with van der Waals surface area (Å²) in [6.45, 7) is 0. The summed E-state index contributed by atoms with van der Waals surface area (Å²) >= 11 is 1.63. The molecule has 2 heterocycles. The molecule has 0 spiro atoms. The van der Waals surface area contributed by atoms with Gasteiger partial charge in [-0.05, 0) is 22.4 Å². The lowest BCUT2D eigenvalue weighted by Gasteiger charge is -2.05. The summed E-state index contributed by atoms with van der Waals surface area (Å²) in [6, 6.07) is 1.59. The predicted molar refractivity (Wildman–Crippen MR) is 49.4 cm³/mol. The highest BCUT2D eigenvalue weighted by Crippen LogP contribution is 2.17. The molecule has 1 aliphatic rings. The highest BCUT2D eigenvalue weighted by Gasteiger charge is 2.10. The van der Waals surface area contributed by atoms with Gasteiger partial charge >= 0.3 is 6.03 Å². The number of aliphatic imine (C=N–C) groups is 2. The standard InChI is InChI=1S/C8H6N2OS/c11-8-9-3-7(4-10-8)6-1-2-12-5-6/h1-5,7H. The van der Waals surface area contributed by atoms with Gasteiger partial charge < -0.3 is 0 Å². The monoisotopic (exact) mass is 178 g/mol. The van der Waals surface area contributed by atoms with Crippen LogP contribution in [0.1, 0.15) is 11.5 Å². The molecule has 0 aliphatic carbocycles. The van der Waals surface area contributed by atoms with E-state index >= 15 is 0 Å². The van der Waals surface area contributed by atoms with Crippen LogP contribution in [0.3, 0.4) is 0 Å². The summed E-state index contributed by atoms with van der Waals surface area (Å²) in [5, 5.41) is 4.02. The smallest absolute Gasteiger partial charge is 0.244 e. The van der Waals surface area contributed by atoms with Crippen molar-refractivity contribution in [3.8, 4) is 0 Å². The number of thiophene rings is 1. The molecule has 0 aromatic carbocycles. The normalized spacial score (nSPS) is 17.2. The van der Waals surface area contributed by atoms with Gasteiger partial charge in [-0.2, -0.15) is 11.3 Å². The van der Waals surface area contributed by atoms with E-state index in [1.807, 2.05) is 16.8 Å². The molecule has 12 heavy (non-hydrogen) atoms. The maximum absolute atomic E-state index is 10.6. The fourth-order valence-corrected chi connectivity index (χ4v) is 1.70. The molecule has 1 aromatic heterocycles. The van der Waals surface area contributed by atoms with Crippen LogP contribution in [0, 0.1) is 0 Å². The molecule has 0 unspecified atom stereocenters. The van der Waals surface area contributed by atoms with Crippen molar-refractivity contribution >= 4 is 29.8 Å². The van der Waals surface area contributed by atoms with Gasteiger partial charge in [0.2, 0.25) is 0 Å². The number of urea groups is 1. The molecule has 0 fully saturated rings. The van der Waals surface area contributed by atoms with Crippen LogP contribution in [-0.4, -0.2) is 18.5 Å². The van der Waals surface area contributed by atoms with Gasteiger partial charge in [-0.15, -0.1) is 0 Å². The SMILES string of the molecule is O=C1N=CC(c2ccsc2)C=N1. The molecule has 2 amide bonds. The van der Waals surface area contributed by atoms with E-state index < -0.39 is 6.03 Å². The van der Waals surface area contributed by atoms with E-state index in [0.29, 0.717) is 0 Å². The Hall–Kier alpha value is -1.29. The van der Waals surface area contributed by atoms with Crippen molar-refractivity contribution in [2.24, 2.45) is 9.98 Å². The Balaban J connectivity index is 2.23. The first-order valence-electron chi connectivity index (χ1n) is 3.51. The van der Waals surface area contributed by atoms with Crippen LogP contribution in [0.4, 0.5) is 4.79 Å². The summed E-state index contributed by atoms with van der Waals surface area (Å²) < 4.78 is 0. The molecule has 1 aliphatic heterocycles. The van der Waals surface area contributed by atoms with Crippen molar-refractivity contribution in [3.63, 3.8) is 0 Å². The van der Waals surface area contributed by atoms with Crippen LogP contribution in [0.2, 0.25) is 0 Å². The first-order chi connectivity index (χ1) is 5.86. The lowest BCUT2D eigenvalue weighted by atomic mass is 10.1. The van der Waals surface area contributed by atoms with Crippen molar-refractivity contribution in [2.75, 3.05) is 0 Å². The Morgan fingerprint density at radius 2 is 2.08 bits per heavy atom. The minimum absolute atomic E-state index is 0.0777. The number of hydrogen-bond acceptors (Lipinski definition) is 2. The van der Waals surface area contributed by atoms with Crippen LogP contribution in [0.15, 0.2) is 26.8 Å². The van der Waals surface area contributed by atoms with Crippen LogP contribution >= 0.6 is 11.3 Å². The molecule has 3 nitrogen and oxygen atoms in total. The lowest BCUT2D eigenvalue weighted by molar-refractivity contribution is 0.257. The number of rotatable bonds is 1. The fourth-order valence-electron chi connectivity index (χ4n) is 0.997. The predicted octanol–water partition coefficient (Wildman–Crippen LogP) is 2.11. The Morgan fingerprint density at radius 3 is 2.67 bits per heavy atom. The van der Waals surface area contributed by atoms with Crippen LogP contribution in [0.25, 0.3) is 0 Å². The largest absolute Gasteiger partial charge is 0.366 e. The van der Waals surface area contributed by atoms with E-state index in [0.717, 1.165) is 5.56 Å². The van der Waals surface area contributed by atoms with E-state index in [1.165, 1.54) is 0 Å². The molecule has 0 bridgehead atoms.